The summed E-state index contributed by atoms with van der Waals surface area (Å²) in [5.74, 6) is 1.37. The van der Waals surface area contributed by atoms with Gasteiger partial charge in [-0.1, -0.05) is 0 Å². The highest BCUT2D eigenvalue weighted by atomic mass is 16.1. The SMILES string of the molecule is Cn1cnc(CN2CCC(c3nnc4cc5c(nn34)CCC5)CC2)cc1=O. The van der Waals surface area contributed by atoms with Crippen LogP contribution in [0.4, 0.5) is 0 Å². The molecule has 5 rings (SSSR count). The Morgan fingerprint density at radius 2 is 2.00 bits per heavy atom. The molecule has 140 valence electrons. The second-order valence-corrected chi connectivity index (χ2v) is 7.68. The molecule has 0 atom stereocenters. The molecule has 0 aromatic carbocycles. The lowest BCUT2D eigenvalue weighted by Gasteiger charge is -2.30. The molecule has 1 fully saturated rings. The van der Waals surface area contributed by atoms with Gasteiger partial charge in [0.2, 0.25) is 0 Å². The molecule has 0 amide bonds. The number of likely N-dealkylation sites (tertiary alicyclic amines) is 1. The Morgan fingerprint density at radius 3 is 2.81 bits per heavy atom. The molecule has 1 aliphatic heterocycles. The van der Waals surface area contributed by atoms with Crippen molar-refractivity contribution < 1.29 is 0 Å². The quantitative estimate of drug-likeness (QED) is 0.691. The lowest BCUT2D eigenvalue weighted by Crippen LogP contribution is -2.34. The molecule has 4 heterocycles. The van der Waals surface area contributed by atoms with Crippen LogP contribution in [0.15, 0.2) is 23.3 Å². The van der Waals surface area contributed by atoms with Crippen LogP contribution in [0, 0.1) is 0 Å². The van der Waals surface area contributed by atoms with Crippen LogP contribution in [0.2, 0.25) is 0 Å². The van der Waals surface area contributed by atoms with Crippen LogP contribution in [-0.4, -0.2) is 47.4 Å². The molecule has 0 radical (unpaired) electrons. The van der Waals surface area contributed by atoms with Gasteiger partial charge in [0.1, 0.15) is 0 Å². The van der Waals surface area contributed by atoms with Crippen LogP contribution in [0.3, 0.4) is 0 Å². The van der Waals surface area contributed by atoms with Crippen molar-refractivity contribution in [3.05, 3.63) is 51.6 Å². The van der Waals surface area contributed by atoms with Gasteiger partial charge in [0.15, 0.2) is 11.5 Å². The monoisotopic (exact) mass is 365 g/mol. The van der Waals surface area contributed by atoms with E-state index in [0.29, 0.717) is 5.92 Å². The van der Waals surface area contributed by atoms with Crippen LogP contribution < -0.4 is 5.56 Å². The summed E-state index contributed by atoms with van der Waals surface area (Å²) in [4.78, 5) is 18.5. The molecular weight excluding hydrogens is 342 g/mol. The maximum atomic E-state index is 11.8. The summed E-state index contributed by atoms with van der Waals surface area (Å²) in [5, 5.41) is 13.7. The lowest BCUT2D eigenvalue weighted by atomic mass is 9.96. The molecule has 0 spiro atoms. The van der Waals surface area contributed by atoms with Crippen molar-refractivity contribution in [3.63, 3.8) is 0 Å². The van der Waals surface area contributed by atoms with Gasteiger partial charge < -0.3 is 4.57 Å². The van der Waals surface area contributed by atoms with Crippen molar-refractivity contribution in [3.8, 4) is 0 Å². The van der Waals surface area contributed by atoms with Crippen LogP contribution in [0.25, 0.3) is 5.65 Å². The van der Waals surface area contributed by atoms with E-state index in [1.54, 1.807) is 19.4 Å². The highest BCUT2D eigenvalue weighted by Gasteiger charge is 2.26. The van der Waals surface area contributed by atoms with E-state index < -0.39 is 0 Å². The minimum atomic E-state index is -0.0107. The number of hydrogen-bond donors (Lipinski definition) is 0. The van der Waals surface area contributed by atoms with E-state index in [-0.39, 0.29) is 5.56 Å². The van der Waals surface area contributed by atoms with Gasteiger partial charge >= 0.3 is 0 Å². The van der Waals surface area contributed by atoms with Crippen LogP contribution in [-0.2, 0) is 26.4 Å². The molecule has 2 aliphatic rings. The molecular formula is C19H23N7O. The first-order valence-electron chi connectivity index (χ1n) is 9.65. The highest BCUT2D eigenvalue weighted by Crippen LogP contribution is 2.28. The Balaban J connectivity index is 1.30. The standard InChI is InChI=1S/C19H23N7O/c1-24-12-20-15(10-18(24)27)11-25-7-5-13(6-8-25)19-22-21-17-9-14-3-2-4-16(14)23-26(17)19/h9-10,12-13H,2-8,11H2,1H3. The maximum Gasteiger partial charge on any atom is 0.253 e. The van der Waals surface area contributed by atoms with Crippen molar-refractivity contribution in [1.82, 2.24) is 34.3 Å². The molecule has 3 aromatic rings. The fourth-order valence-electron chi connectivity index (χ4n) is 4.21. The number of nitrogens with zero attached hydrogens (tertiary/aromatic N) is 7. The van der Waals surface area contributed by atoms with Gasteiger partial charge in [-0.05, 0) is 56.8 Å². The van der Waals surface area contributed by atoms with E-state index in [9.17, 15) is 4.79 Å². The third-order valence-electron chi connectivity index (χ3n) is 5.82. The van der Waals surface area contributed by atoms with Gasteiger partial charge in [0.05, 0.1) is 17.7 Å². The van der Waals surface area contributed by atoms with Crippen molar-refractivity contribution in [2.45, 2.75) is 44.6 Å². The molecule has 1 saturated heterocycles. The van der Waals surface area contributed by atoms with E-state index in [1.165, 1.54) is 22.2 Å². The largest absolute Gasteiger partial charge is 0.302 e. The molecule has 8 heteroatoms. The average molecular weight is 365 g/mol. The van der Waals surface area contributed by atoms with Gasteiger partial charge in [-0.25, -0.2) is 4.98 Å². The number of aromatic nitrogens is 6. The van der Waals surface area contributed by atoms with Crippen molar-refractivity contribution in [1.29, 1.82) is 0 Å². The normalized spacial score (nSPS) is 18.3. The Bertz CT molecular complexity index is 1050. The molecule has 0 saturated carbocycles. The van der Waals surface area contributed by atoms with Crippen LogP contribution in [0.1, 0.15) is 48.0 Å². The van der Waals surface area contributed by atoms with E-state index >= 15 is 0 Å². The van der Waals surface area contributed by atoms with Crippen molar-refractivity contribution >= 4 is 5.65 Å². The Kier molecular flexibility index (Phi) is 4.00. The zero-order chi connectivity index (χ0) is 18.4. The molecule has 0 bridgehead atoms. The number of piperidine rings is 1. The molecule has 1 aliphatic carbocycles. The summed E-state index contributed by atoms with van der Waals surface area (Å²) in [5.41, 5.74) is 4.23. The third-order valence-corrected chi connectivity index (χ3v) is 5.82. The van der Waals surface area contributed by atoms with Crippen molar-refractivity contribution in [2.75, 3.05) is 13.1 Å². The molecule has 0 unspecified atom stereocenters. The second-order valence-electron chi connectivity index (χ2n) is 7.68. The van der Waals surface area contributed by atoms with E-state index in [1.807, 2.05) is 4.52 Å². The van der Waals surface area contributed by atoms with Gasteiger partial charge in [0, 0.05) is 25.6 Å². The third kappa shape index (κ3) is 3.03. The molecule has 0 N–H and O–H groups in total. The zero-order valence-electron chi connectivity index (χ0n) is 15.5. The number of fused-ring (bicyclic) bond motifs is 2. The predicted octanol–water partition coefficient (Wildman–Crippen LogP) is 1.09. The van der Waals surface area contributed by atoms with Gasteiger partial charge in [0.25, 0.3) is 5.56 Å². The van der Waals surface area contributed by atoms with E-state index in [0.717, 1.165) is 62.5 Å². The summed E-state index contributed by atoms with van der Waals surface area (Å²) in [6, 6.07) is 3.78. The average Bonchev–Trinajstić information content (AvgIpc) is 3.29. The van der Waals surface area contributed by atoms with Crippen LogP contribution >= 0.6 is 0 Å². The predicted molar refractivity (Wildman–Crippen MR) is 99.5 cm³/mol. The minimum Gasteiger partial charge on any atom is -0.302 e. The maximum absolute atomic E-state index is 11.8. The smallest absolute Gasteiger partial charge is 0.253 e. The number of rotatable bonds is 3. The minimum absolute atomic E-state index is 0.0107. The molecule has 8 nitrogen and oxygen atoms in total. The lowest BCUT2D eigenvalue weighted by molar-refractivity contribution is 0.198. The van der Waals surface area contributed by atoms with E-state index in [2.05, 4.69) is 26.1 Å². The summed E-state index contributed by atoms with van der Waals surface area (Å²) in [7, 11) is 1.72. The van der Waals surface area contributed by atoms with Crippen molar-refractivity contribution in [2.24, 2.45) is 7.05 Å². The number of hydrogen-bond acceptors (Lipinski definition) is 6. The zero-order valence-corrected chi connectivity index (χ0v) is 15.5. The summed E-state index contributed by atoms with van der Waals surface area (Å²) in [6.45, 7) is 2.64. The first kappa shape index (κ1) is 16.6. The fourth-order valence-corrected chi connectivity index (χ4v) is 4.21. The van der Waals surface area contributed by atoms with Crippen LogP contribution in [0.5, 0.6) is 0 Å². The molecule has 3 aromatic heterocycles. The summed E-state index contributed by atoms with van der Waals surface area (Å²) < 4.78 is 3.46. The summed E-state index contributed by atoms with van der Waals surface area (Å²) in [6.07, 6.45) is 6.99. The highest BCUT2D eigenvalue weighted by molar-refractivity contribution is 5.43. The number of aryl methyl sites for hydroxylation is 3. The Hall–Kier alpha value is -2.61. The Morgan fingerprint density at radius 1 is 1.15 bits per heavy atom. The van der Waals surface area contributed by atoms with E-state index in [4.69, 9.17) is 5.10 Å². The first-order valence-corrected chi connectivity index (χ1v) is 9.65. The first-order chi connectivity index (χ1) is 13.2. The van der Waals surface area contributed by atoms with Gasteiger partial charge in [-0.3, -0.25) is 9.69 Å². The summed E-state index contributed by atoms with van der Waals surface area (Å²) >= 11 is 0. The topological polar surface area (TPSA) is 81.2 Å². The van der Waals surface area contributed by atoms with Gasteiger partial charge in [-0.15, -0.1) is 10.2 Å². The molecule has 27 heavy (non-hydrogen) atoms. The fraction of sp³-hybridized carbons (Fsp3) is 0.526. The Labute approximate surface area is 156 Å². The second kappa shape index (κ2) is 6.53. The van der Waals surface area contributed by atoms with Gasteiger partial charge in [-0.2, -0.15) is 9.61 Å².